The van der Waals surface area contributed by atoms with Crippen molar-refractivity contribution in [2.45, 2.75) is 19.3 Å². The summed E-state index contributed by atoms with van der Waals surface area (Å²) in [6.45, 7) is 1.85. The minimum absolute atomic E-state index is 0.433. The summed E-state index contributed by atoms with van der Waals surface area (Å²) in [5.74, 6) is -1.22. The number of carboxylic acids is 1. The van der Waals surface area contributed by atoms with Crippen molar-refractivity contribution in [3.8, 4) is 0 Å². The van der Waals surface area contributed by atoms with Crippen molar-refractivity contribution in [1.82, 2.24) is 9.55 Å². The monoisotopic (exact) mass is 168 g/mol. The molecule has 0 aromatic carbocycles. The molecule has 0 aliphatic rings. The molecule has 0 fully saturated rings. The summed E-state index contributed by atoms with van der Waals surface area (Å²) in [5.41, 5.74) is 0.755. The molecule has 1 unspecified atom stereocenters. The zero-order valence-corrected chi connectivity index (χ0v) is 7.19. The van der Waals surface area contributed by atoms with E-state index in [-0.39, 0.29) is 0 Å². The molecule has 0 aliphatic carbocycles. The molecule has 1 N–H and O–H groups in total. The molecule has 1 heterocycles. The van der Waals surface area contributed by atoms with Crippen LogP contribution >= 0.6 is 0 Å². The summed E-state index contributed by atoms with van der Waals surface area (Å²) in [5, 5.41) is 8.83. The summed E-state index contributed by atoms with van der Waals surface area (Å²) in [6.07, 6.45) is 3.80. The summed E-state index contributed by atoms with van der Waals surface area (Å²) >= 11 is 0. The molecule has 0 aliphatic heterocycles. The van der Waals surface area contributed by atoms with Gasteiger partial charge in [-0.05, 0) is 6.42 Å². The highest BCUT2D eigenvalue weighted by molar-refractivity contribution is 5.75. The van der Waals surface area contributed by atoms with Crippen molar-refractivity contribution < 1.29 is 9.90 Å². The second-order valence-electron chi connectivity index (χ2n) is 2.73. The molecule has 12 heavy (non-hydrogen) atoms. The van der Waals surface area contributed by atoms with Crippen molar-refractivity contribution in [3.63, 3.8) is 0 Å². The van der Waals surface area contributed by atoms with E-state index in [0.29, 0.717) is 6.42 Å². The third-order valence-electron chi connectivity index (χ3n) is 1.92. The van der Waals surface area contributed by atoms with Crippen molar-refractivity contribution in [2.24, 2.45) is 7.05 Å². The Bertz CT molecular complexity index is 280. The molecule has 0 saturated carbocycles. The number of aliphatic carboxylic acids is 1. The summed E-state index contributed by atoms with van der Waals surface area (Å²) < 4.78 is 1.74. The second kappa shape index (κ2) is 3.38. The van der Waals surface area contributed by atoms with E-state index >= 15 is 0 Å². The first-order chi connectivity index (χ1) is 5.66. The predicted molar refractivity (Wildman–Crippen MR) is 43.9 cm³/mol. The molecular formula is C8H12N2O2. The number of hydrogen-bond acceptors (Lipinski definition) is 2. The molecular weight excluding hydrogens is 156 g/mol. The van der Waals surface area contributed by atoms with E-state index in [0.717, 1.165) is 5.69 Å². The first-order valence-corrected chi connectivity index (χ1v) is 3.85. The van der Waals surface area contributed by atoms with Gasteiger partial charge >= 0.3 is 5.97 Å². The van der Waals surface area contributed by atoms with Crippen LogP contribution in [0.1, 0.15) is 25.0 Å². The van der Waals surface area contributed by atoms with Gasteiger partial charge in [-0.25, -0.2) is 4.98 Å². The van der Waals surface area contributed by atoms with Gasteiger partial charge in [0.25, 0.3) is 0 Å². The predicted octanol–water partition coefficient (Wildman–Crippen LogP) is 0.998. The number of carbonyl (C=O) groups is 1. The Labute approximate surface area is 70.9 Å². The van der Waals surface area contributed by atoms with E-state index < -0.39 is 11.9 Å². The molecule has 1 aromatic heterocycles. The quantitative estimate of drug-likeness (QED) is 0.732. The lowest BCUT2D eigenvalue weighted by molar-refractivity contribution is -0.139. The first-order valence-electron chi connectivity index (χ1n) is 3.85. The number of aryl methyl sites for hydroxylation is 1. The fourth-order valence-electron chi connectivity index (χ4n) is 1.21. The van der Waals surface area contributed by atoms with Gasteiger partial charge in [0.2, 0.25) is 0 Å². The summed E-state index contributed by atoms with van der Waals surface area (Å²) in [7, 11) is 1.80. The van der Waals surface area contributed by atoms with Crippen molar-refractivity contribution in [1.29, 1.82) is 0 Å². The maximum atomic E-state index is 10.7. The van der Waals surface area contributed by atoms with Gasteiger partial charge in [-0.2, -0.15) is 0 Å². The van der Waals surface area contributed by atoms with Crippen LogP contribution in [0.3, 0.4) is 0 Å². The molecule has 66 valence electrons. The van der Waals surface area contributed by atoms with E-state index in [4.69, 9.17) is 5.11 Å². The van der Waals surface area contributed by atoms with E-state index in [2.05, 4.69) is 4.98 Å². The van der Waals surface area contributed by atoms with Gasteiger partial charge in [-0.1, -0.05) is 6.92 Å². The molecule has 1 rings (SSSR count). The minimum Gasteiger partial charge on any atom is -0.481 e. The van der Waals surface area contributed by atoms with Crippen LogP contribution < -0.4 is 0 Å². The Hall–Kier alpha value is -1.32. The van der Waals surface area contributed by atoms with Crippen molar-refractivity contribution in [2.75, 3.05) is 0 Å². The van der Waals surface area contributed by atoms with Crippen LogP contribution in [0.15, 0.2) is 12.5 Å². The van der Waals surface area contributed by atoms with Crippen LogP contribution in [0.2, 0.25) is 0 Å². The number of nitrogens with zero attached hydrogens (tertiary/aromatic N) is 2. The standard InChI is InChI=1S/C8H12N2O2/c1-3-6(8(11)12)7-4-9-5-10(7)2/h4-6H,3H2,1-2H3,(H,11,12). The summed E-state index contributed by atoms with van der Waals surface area (Å²) in [4.78, 5) is 14.6. The van der Waals surface area contributed by atoms with Gasteiger partial charge in [-0.15, -0.1) is 0 Å². The van der Waals surface area contributed by atoms with E-state index in [1.807, 2.05) is 6.92 Å². The zero-order chi connectivity index (χ0) is 9.14. The Morgan fingerprint density at radius 1 is 1.83 bits per heavy atom. The summed E-state index contributed by atoms with van der Waals surface area (Å²) in [6, 6.07) is 0. The smallest absolute Gasteiger partial charge is 0.312 e. The maximum absolute atomic E-state index is 10.7. The molecule has 0 bridgehead atoms. The highest BCUT2D eigenvalue weighted by atomic mass is 16.4. The lowest BCUT2D eigenvalue weighted by Crippen LogP contribution is -2.13. The van der Waals surface area contributed by atoms with Gasteiger partial charge in [-0.3, -0.25) is 4.79 Å². The number of carboxylic acid groups (broad SMARTS) is 1. The second-order valence-corrected chi connectivity index (χ2v) is 2.73. The highest BCUT2D eigenvalue weighted by Crippen LogP contribution is 2.17. The lowest BCUT2D eigenvalue weighted by atomic mass is 10.0. The number of aromatic nitrogens is 2. The topological polar surface area (TPSA) is 55.1 Å². The minimum atomic E-state index is -0.791. The van der Waals surface area contributed by atoms with Gasteiger partial charge < -0.3 is 9.67 Å². The van der Waals surface area contributed by atoms with Gasteiger partial charge in [0.1, 0.15) is 0 Å². The largest absolute Gasteiger partial charge is 0.481 e. The van der Waals surface area contributed by atoms with Crippen LogP contribution in [0.4, 0.5) is 0 Å². The molecule has 0 amide bonds. The van der Waals surface area contributed by atoms with Gasteiger partial charge in [0.05, 0.1) is 17.9 Å². The molecule has 0 spiro atoms. The maximum Gasteiger partial charge on any atom is 0.312 e. The molecule has 0 radical (unpaired) electrons. The van der Waals surface area contributed by atoms with Crippen LogP contribution in [0.25, 0.3) is 0 Å². The Balaban J connectivity index is 2.94. The molecule has 1 aromatic rings. The fraction of sp³-hybridized carbons (Fsp3) is 0.500. The van der Waals surface area contributed by atoms with E-state index in [9.17, 15) is 4.79 Å². The van der Waals surface area contributed by atoms with E-state index in [1.165, 1.54) is 0 Å². The van der Waals surface area contributed by atoms with Crippen LogP contribution in [-0.4, -0.2) is 20.6 Å². The zero-order valence-electron chi connectivity index (χ0n) is 7.19. The fourth-order valence-corrected chi connectivity index (χ4v) is 1.21. The first kappa shape index (κ1) is 8.77. The Morgan fingerprint density at radius 2 is 2.50 bits per heavy atom. The van der Waals surface area contributed by atoms with Gasteiger partial charge in [0, 0.05) is 13.2 Å². The van der Waals surface area contributed by atoms with E-state index in [1.54, 1.807) is 24.1 Å². The van der Waals surface area contributed by atoms with Crippen LogP contribution in [0, 0.1) is 0 Å². The molecule has 4 nitrogen and oxygen atoms in total. The lowest BCUT2D eigenvalue weighted by Gasteiger charge is -2.09. The van der Waals surface area contributed by atoms with Crippen molar-refractivity contribution in [3.05, 3.63) is 18.2 Å². The van der Waals surface area contributed by atoms with Crippen molar-refractivity contribution >= 4 is 5.97 Å². The van der Waals surface area contributed by atoms with Crippen LogP contribution in [0.5, 0.6) is 0 Å². The Kier molecular flexibility index (Phi) is 2.47. The third kappa shape index (κ3) is 1.47. The van der Waals surface area contributed by atoms with Crippen LogP contribution in [-0.2, 0) is 11.8 Å². The molecule has 0 saturated heterocycles. The van der Waals surface area contributed by atoms with Gasteiger partial charge in [0.15, 0.2) is 0 Å². The number of rotatable bonds is 3. The average Bonchev–Trinajstić information content (AvgIpc) is 2.38. The number of imidazole rings is 1. The average molecular weight is 168 g/mol. The molecule has 1 atom stereocenters. The Morgan fingerprint density at radius 3 is 2.83 bits per heavy atom. The normalized spacial score (nSPS) is 12.8. The molecule has 4 heteroatoms. The number of hydrogen-bond donors (Lipinski definition) is 1. The highest BCUT2D eigenvalue weighted by Gasteiger charge is 2.19. The SMILES string of the molecule is CCC(C(=O)O)c1cncn1C. The third-order valence-corrected chi connectivity index (χ3v) is 1.92.